The zero-order chi connectivity index (χ0) is 12.9. The molecule has 2 atom stereocenters. The fraction of sp³-hybridized carbons (Fsp3) is 1.00. The number of ether oxygens (including phenoxy) is 1. The lowest BCUT2D eigenvalue weighted by Crippen LogP contribution is -2.28. The van der Waals surface area contributed by atoms with Gasteiger partial charge in [0.2, 0.25) is 0 Å². The molecule has 2 heteroatoms. The number of hydrogen-bond donors (Lipinski definition) is 1. The molecule has 0 aromatic carbocycles. The lowest BCUT2D eigenvalue weighted by atomic mass is 10.1. The molecule has 0 amide bonds. The molecule has 0 rings (SSSR count). The maximum Gasteiger partial charge on any atom is 0.0831 e. The second kappa shape index (κ2) is 12.4. The summed E-state index contributed by atoms with van der Waals surface area (Å²) in [5.41, 5.74) is 0. The first-order chi connectivity index (χ1) is 8.26. The molecule has 2 nitrogen and oxygen atoms in total. The highest BCUT2D eigenvalue weighted by atomic mass is 16.5. The molecule has 0 fully saturated rings. The Morgan fingerprint density at radius 3 is 2.12 bits per heavy atom. The van der Waals surface area contributed by atoms with Gasteiger partial charge in [-0.3, -0.25) is 0 Å². The summed E-state index contributed by atoms with van der Waals surface area (Å²) in [6, 6.07) is 0. The van der Waals surface area contributed by atoms with E-state index in [1.807, 2.05) is 0 Å². The van der Waals surface area contributed by atoms with Gasteiger partial charge in [0.15, 0.2) is 0 Å². The molecule has 1 N–H and O–H groups in total. The van der Waals surface area contributed by atoms with Crippen LogP contribution in [0.3, 0.4) is 0 Å². The third-order valence-electron chi connectivity index (χ3n) is 3.25. The Kier molecular flexibility index (Phi) is 12.3. The van der Waals surface area contributed by atoms with E-state index in [0.29, 0.717) is 0 Å². The van der Waals surface area contributed by atoms with Crippen molar-refractivity contribution in [3.8, 4) is 0 Å². The Bertz CT molecular complexity index is 148. The predicted octanol–water partition coefficient (Wildman–Crippen LogP) is 4.30. The Balaban J connectivity index is 3.43. The zero-order valence-electron chi connectivity index (χ0n) is 12.1. The Hall–Kier alpha value is -0.0800. The summed E-state index contributed by atoms with van der Waals surface area (Å²) in [7, 11) is 0. The lowest BCUT2D eigenvalue weighted by molar-refractivity contribution is -0.0432. The average molecular weight is 244 g/mol. The van der Waals surface area contributed by atoms with Crippen molar-refractivity contribution in [3.63, 3.8) is 0 Å². The van der Waals surface area contributed by atoms with Gasteiger partial charge in [-0.05, 0) is 19.3 Å². The molecule has 0 aliphatic heterocycles. The summed E-state index contributed by atoms with van der Waals surface area (Å²) < 4.78 is 5.76. The minimum atomic E-state index is -0.273. The Morgan fingerprint density at radius 1 is 0.882 bits per heavy atom. The van der Waals surface area contributed by atoms with Gasteiger partial charge < -0.3 is 9.84 Å². The fourth-order valence-corrected chi connectivity index (χ4v) is 2.10. The first-order valence-electron chi connectivity index (χ1n) is 7.55. The van der Waals surface area contributed by atoms with E-state index >= 15 is 0 Å². The predicted molar refractivity (Wildman–Crippen MR) is 74.3 cm³/mol. The highest BCUT2D eigenvalue weighted by Gasteiger charge is 2.16. The third-order valence-corrected chi connectivity index (χ3v) is 3.25. The van der Waals surface area contributed by atoms with Gasteiger partial charge in [-0.2, -0.15) is 0 Å². The average Bonchev–Trinajstić information content (AvgIpc) is 2.33. The van der Waals surface area contributed by atoms with Crippen LogP contribution in [-0.2, 0) is 4.74 Å². The van der Waals surface area contributed by atoms with Gasteiger partial charge in [0.25, 0.3) is 0 Å². The van der Waals surface area contributed by atoms with Crippen LogP contribution in [0.5, 0.6) is 0 Å². The number of aliphatic hydroxyl groups is 1. The normalized spacial score (nSPS) is 14.8. The van der Waals surface area contributed by atoms with Crippen LogP contribution in [0.2, 0.25) is 0 Å². The van der Waals surface area contributed by atoms with Crippen LogP contribution in [-0.4, -0.2) is 23.9 Å². The van der Waals surface area contributed by atoms with Crippen molar-refractivity contribution in [2.45, 2.75) is 90.8 Å². The summed E-state index contributed by atoms with van der Waals surface area (Å²) >= 11 is 0. The summed E-state index contributed by atoms with van der Waals surface area (Å²) in [5, 5.41) is 9.86. The minimum Gasteiger partial charge on any atom is -0.390 e. The second-order valence-electron chi connectivity index (χ2n) is 4.94. The highest BCUT2D eigenvalue weighted by Crippen LogP contribution is 2.11. The van der Waals surface area contributed by atoms with Crippen LogP contribution < -0.4 is 0 Å². The van der Waals surface area contributed by atoms with Gasteiger partial charge >= 0.3 is 0 Å². The maximum atomic E-state index is 9.86. The van der Waals surface area contributed by atoms with E-state index in [0.717, 1.165) is 32.3 Å². The van der Waals surface area contributed by atoms with Crippen molar-refractivity contribution in [2.24, 2.45) is 0 Å². The molecule has 0 saturated carbocycles. The topological polar surface area (TPSA) is 29.5 Å². The van der Waals surface area contributed by atoms with E-state index < -0.39 is 0 Å². The monoisotopic (exact) mass is 244 g/mol. The fourth-order valence-electron chi connectivity index (χ4n) is 2.10. The van der Waals surface area contributed by atoms with Gasteiger partial charge in [-0.25, -0.2) is 0 Å². The third kappa shape index (κ3) is 9.61. The molecule has 0 heterocycles. The van der Waals surface area contributed by atoms with E-state index in [9.17, 15) is 5.11 Å². The molecule has 0 aliphatic carbocycles. The summed E-state index contributed by atoms with van der Waals surface area (Å²) in [5.74, 6) is 0. The number of aliphatic hydroxyl groups excluding tert-OH is 1. The van der Waals surface area contributed by atoms with Crippen molar-refractivity contribution >= 4 is 0 Å². The number of rotatable bonds is 12. The van der Waals surface area contributed by atoms with Crippen LogP contribution in [0.1, 0.15) is 78.6 Å². The second-order valence-corrected chi connectivity index (χ2v) is 4.94. The van der Waals surface area contributed by atoms with E-state index in [1.165, 1.54) is 32.1 Å². The molecule has 0 bridgehead atoms. The molecule has 0 spiro atoms. The van der Waals surface area contributed by atoms with Crippen LogP contribution in [0.15, 0.2) is 0 Å². The van der Waals surface area contributed by atoms with Crippen molar-refractivity contribution in [1.29, 1.82) is 0 Å². The summed E-state index contributed by atoms with van der Waals surface area (Å²) in [6.07, 6.45) is 10.3. The largest absolute Gasteiger partial charge is 0.390 e. The molecule has 17 heavy (non-hydrogen) atoms. The summed E-state index contributed by atoms with van der Waals surface area (Å²) in [4.78, 5) is 0. The van der Waals surface area contributed by atoms with Gasteiger partial charge in [-0.15, -0.1) is 0 Å². The van der Waals surface area contributed by atoms with E-state index in [4.69, 9.17) is 4.74 Å². The van der Waals surface area contributed by atoms with Crippen LogP contribution in [0.25, 0.3) is 0 Å². The smallest absolute Gasteiger partial charge is 0.0831 e. The molecule has 0 aliphatic rings. The first kappa shape index (κ1) is 16.9. The minimum absolute atomic E-state index is 0.0468. The standard InChI is InChI=1S/C15H32O2/c1-4-7-8-9-10-11-13-17-15(6-3)14(16)12-5-2/h14-16H,4-13H2,1-3H3. The molecule has 0 aromatic heterocycles. The quantitative estimate of drug-likeness (QED) is 0.519. The molecular formula is C15H32O2. The zero-order valence-corrected chi connectivity index (χ0v) is 12.1. The van der Waals surface area contributed by atoms with Crippen LogP contribution in [0, 0.1) is 0 Å². The molecular weight excluding hydrogens is 212 g/mol. The van der Waals surface area contributed by atoms with Gasteiger partial charge in [-0.1, -0.05) is 59.3 Å². The van der Waals surface area contributed by atoms with Crippen molar-refractivity contribution in [1.82, 2.24) is 0 Å². The molecule has 2 unspecified atom stereocenters. The van der Waals surface area contributed by atoms with E-state index in [-0.39, 0.29) is 12.2 Å². The number of hydrogen-bond acceptors (Lipinski definition) is 2. The molecule has 0 radical (unpaired) electrons. The SMILES string of the molecule is CCCCCCCCOC(CC)C(O)CCC. The molecule has 0 saturated heterocycles. The summed E-state index contributed by atoms with van der Waals surface area (Å²) in [6.45, 7) is 7.24. The maximum absolute atomic E-state index is 9.86. The van der Waals surface area contributed by atoms with Crippen molar-refractivity contribution in [3.05, 3.63) is 0 Å². The van der Waals surface area contributed by atoms with Crippen LogP contribution >= 0.6 is 0 Å². The van der Waals surface area contributed by atoms with Crippen molar-refractivity contribution in [2.75, 3.05) is 6.61 Å². The van der Waals surface area contributed by atoms with Gasteiger partial charge in [0.05, 0.1) is 12.2 Å². The first-order valence-corrected chi connectivity index (χ1v) is 7.55. The lowest BCUT2D eigenvalue weighted by Gasteiger charge is -2.21. The van der Waals surface area contributed by atoms with Gasteiger partial charge in [0.1, 0.15) is 0 Å². The number of unbranched alkanes of at least 4 members (excludes halogenated alkanes) is 5. The molecule has 104 valence electrons. The van der Waals surface area contributed by atoms with Crippen LogP contribution in [0.4, 0.5) is 0 Å². The Labute approximate surface area is 108 Å². The van der Waals surface area contributed by atoms with E-state index in [1.54, 1.807) is 0 Å². The highest BCUT2D eigenvalue weighted by molar-refractivity contribution is 4.66. The van der Waals surface area contributed by atoms with E-state index in [2.05, 4.69) is 20.8 Å². The van der Waals surface area contributed by atoms with Gasteiger partial charge in [0, 0.05) is 6.61 Å². The Morgan fingerprint density at radius 2 is 1.53 bits per heavy atom. The van der Waals surface area contributed by atoms with Crippen molar-refractivity contribution < 1.29 is 9.84 Å². The molecule has 0 aromatic rings.